The van der Waals surface area contributed by atoms with E-state index in [1.54, 1.807) is 7.05 Å². The molecule has 0 radical (unpaired) electrons. The minimum atomic E-state index is -0.0265. The lowest BCUT2D eigenvalue weighted by Crippen LogP contribution is -2.48. The van der Waals surface area contributed by atoms with Crippen LogP contribution in [0.4, 0.5) is 0 Å². The molecule has 1 unspecified atom stereocenters. The number of guanidine groups is 1. The van der Waals surface area contributed by atoms with Crippen molar-refractivity contribution in [3.63, 3.8) is 0 Å². The molecule has 8 heteroatoms. The fraction of sp³-hybridized carbons (Fsp3) is 0.696. The normalized spacial score (nSPS) is 22.5. The van der Waals surface area contributed by atoms with Gasteiger partial charge in [-0.25, -0.2) is 0 Å². The zero-order valence-electron chi connectivity index (χ0n) is 18.5. The molecule has 2 N–H and O–H groups in total. The molecule has 1 aromatic rings. The largest absolute Gasteiger partial charge is 0.454 e. The highest BCUT2D eigenvalue weighted by Crippen LogP contribution is 2.40. The van der Waals surface area contributed by atoms with Crippen molar-refractivity contribution in [3.05, 3.63) is 23.8 Å². The summed E-state index contributed by atoms with van der Waals surface area (Å²) in [5, 5.41) is 6.93. The summed E-state index contributed by atoms with van der Waals surface area (Å²) in [5.74, 6) is 2.46. The Morgan fingerprint density at radius 2 is 2.03 bits per heavy atom. The summed E-state index contributed by atoms with van der Waals surface area (Å²) < 4.78 is 28.1. The fourth-order valence-corrected chi connectivity index (χ4v) is 4.40. The molecule has 1 atom stereocenters. The van der Waals surface area contributed by atoms with E-state index in [2.05, 4.69) is 27.8 Å². The molecule has 172 valence electrons. The molecule has 3 heterocycles. The van der Waals surface area contributed by atoms with Gasteiger partial charge in [0.25, 0.3) is 0 Å². The molecule has 0 amide bonds. The summed E-state index contributed by atoms with van der Waals surface area (Å²) in [6, 6.07) is 6.29. The first-order chi connectivity index (χ1) is 15.3. The number of aliphatic imine (C=N–C) groups is 1. The Morgan fingerprint density at radius 1 is 1.16 bits per heavy atom. The van der Waals surface area contributed by atoms with Gasteiger partial charge in [-0.15, -0.1) is 0 Å². The van der Waals surface area contributed by atoms with E-state index >= 15 is 0 Å². The standard InChI is InChI=1S/C23H35N3O5/c1-24-22(25-9-3-10-28-15-19-4-2-11-29-19)26-16-23(7-12-27-13-8-23)18-5-6-20-21(14-18)31-17-30-20/h5-6,14,19H,2-4,7-13,15-17H2,1H3,(H2,24,25,26). The number of ether oxygens (including phenoxy) is 5. The third-order valence-corrected chi connectivity index (χ3v) is 6.34. The zero-order chi connectivity index (χ0) is 21.4. The van der Waals surface area contributed by atoms with Crippen LogP contribution in [0.2, 0.25) is 0 Å². The molecule has 0 spiro atoms. The SMILES string of the molecule is CN=C(NCCCOCC1CCCO1)NCC1(c2ccc3c(c2)OCO3)CCOCC1. The monoisotopic (exact) mass is 433 g/mol. The molecule has 3 aliphatic rings. The Hall–Kier alpha value is -2.03. The summed E-state index contributed by atoms with van der Waals surface area (Å²) in [5.41, 5.74) is 1.23. The van der Waals surface area contributed by atoms with Crippen molar-refractivity contribution in [1.82, 2.24) is 10.6 Å². The number of hydrogen-bond donors (Lipinski definition) is 2. The third kappa shape index (κ3) is 5.81. The fourth-order valence-electron chi connectivity index (χ4n) is 4.40. The van der Waals surface area contributed by atoms with E-state index in [1.165, 1.54) is 5.56 Å². The predicted octanol–water partition coefficient (Wildman–Crippen LogP) is 2.21. The lowest BCUT2D eigenvalue weighted by atomic mass is 9.74. The van der Waals surface area contributed by atoms with E-state index in [0.29, 0.717) is 13.4 Å². The summed E-state index contributed by atoms with van der Waals surface area (Å²) in [7, 11) is 1.81. The Bertz CT molecular complexity index is 730. The minimum Gasteiger partial charge on any atom is -0.454 e. The van der Waals surface area contributed by atoms with Crippen LogP contribution in [0.15, 0.2) is 23.2 Å². The van der Waals surface area contributed by atoms with Crippen LogP contribution in [0.25, 0.3) is 0 Å². The van der Waals surface area contributed by atoms with E-state index in [1.807, 2.05) is 6.07 Å². The quantitative estimate of drug-likeness (QED) is 0.351. The van der Waals surface area contributed by atoms with Crippen LogP contribution >= 0.6 is 0 Å². The van der Waals surface area contributed by atoms with E-state index in [-0.39, 0.29) is 11.5 Å². The van der Waals surface area contributed by atoms with E-state index in [4.69, 9.17) is 23.7 Å². The molecule has 0 bridgehead atoms. The van der Waals surface area contributed by atoms with Gasteiger partial charge in [-0.05, 0) is 49.8 Å². The van der Waals surface area contributed by atoms with Crippen molar-refractivity contribution in [2.24, 2.45) is 4.99 Å². The third-order valence-electron chi connectivity index (χ3n) is 6.34. The zero-order valence-corrected chi connectivity index (χ0v) is 18.5. The van der Waals surface area contributed by atoms with Crippen LogP contribution in [0.3, 0.4) is 0 Å². The molecular weight excluding hydrogens is 398 g/mol. The van der Waals surface area contributed by atoms with Gasteiger partial charge in [-0.1, -0.05) is 6.07 Å². The van der Waals surface area contributed by atoms with Gasteiger partial charge in [0.05, 0.1) is 12.7 Å². The molecule has 2 fully saturated rings. The van der Waals surface area contributed by atoms with Crippen LogP contribution in [0.5, 0.6) is 11.5 Å². The number of nitrogens with zero attached hydrogens (tertiary/aromatic N) is 1. The molecule has 0 saturated carbocycles. The Balaban J connectivity index is 1.25. The van der Waals surface area contributed by atoms with Gasteiger partial charge >= 0.3 is 0 Å². The van der Waals surface area contributed by atoms with Crippen LogP contribution in [-0.4, -0.2) is 72.0 Å². The second kappa shape index (κ2) is 11.0. The molecule has 31 heavy (non-hydrogen) atoms. The van der Waals surface area contributed by atoms with E-state index in [9.17, 15) is 0 Å². The first-order valence-corrected chi connectivity index (χ1v) is 11.4. The molecule has 0 aromatic heterocycles. The summed E-state index contributed by atoms with van der Waals surface area (Å²) >= 11 is 0. The lowest BCUT2D eigenvalue weighted by molar-refractivity contribution is 0.0168. The highest BCUT2D eigenvalue weighted by atomic mass is 16.7. The lowest BCUT2D eigenvalue weighted by Gasteiger charge is -2.38. The van der Waals surface area contributed by atoms with Crippen LogP contribution < -0.4 is 20.1 Å². The average molecular weight is 434 g/mol. The van der Waals surface area contributed by atoms with Crippen molar-refractivity contribution in [1.29, 1.82) is 0 Å². The van der Waals surface area contributed by atoms with Gasteiger partial charge in [0.15, 0.2) is 17.5 Å². The molecule has 3 aliphatic heterocycles. The molecule has 1 aromatic carbocycles. The summed E-state index contributed by atoms with van der Waals surface area (Å²) in [6.45, 7) is 5.69. The predicted molar refractivity (Wildman–Crippen MR) is 118 cm³/mol. The number of hydrogen-bond acceptors (Lipinski definition) is 6. The van der Waals surface area contributed by atoms with Crippen molar-refractivity contribution in [2.75, 3.05) is 60.0 Å². The molecule has 2 saturated heterocycles. The van der Waals surface area contributed by atoms with Gasteiger partial charge in [0.1, 0.15) is 0 Å². The Kier molecular flexibility index (Phi) is 7.88. The highest BCUT2D eigenvalue weighted by Gasteiger charge is 2.35. The minimum absolute atomic E-state index is 0.0265. The second-order valence-electron chi connectivity index (χ2n) is 8.38. The van der Waals surface area contributed by atoms with Crippen molar-refractivity contribution in [2.45, 2.75) is 43.6 Å². The topological polar surface area (TPSA) is 82.6 Å². The van der Waals surface area contributed by atoms with Gasteiger partial charge in [-0.3, -0.25) is 4.99 Å². The van der Waals surface area contributed by atoms with Crippen LogP contribution in [0.1, 0.15) is 37.7 Å². The number of rotatable bonds is 9. The van der Waals surface area contributed by atoms with Crippen LogP contribution in [-0.2, 0) is 19.6 Å². The van der Waals surface area contributed by atoms with Crippen molar-refractivity contribution in [3.8, 4) is 11.5 Å². The van der Waals surface area contributed by atoms with Gasteiger partial charge in [0.2, 0.25) is 6.79 Å². The number of fused-ring (bicyclic) bond motifs is 1. The van der Waals surface area contributed by atoms with Gasteiger partial charge in [-0.2, -0.15) is 0 Å². The first kappa shape index (κ1) is 22.2. The maximum absolute atomic E-state index is 5.74. The summed E-state index contributed by atoms with van der Waals surface area (Å²) in [6.07, 6.45) is 5.38. The van der Waals surface area contributed by atoms with E-state index < -0.39 is 0 Å². The maximum Gasteiger partial charge on any atom is 0.231 e. The second-order valence-corrected chi connectivity index (χ2v) is 8.38. The van der Waals surface area contributed by atoms with Crippen LogP contribution in [0, 0.1) is 0 Å². The van der Waals surface area contributed by atoms with E-state index in [0.717, 1.165) is 89.1 Å². The molecule has 8 nitrogen and oxygen atoms in total. The molecule has 4 rings (SSSR count). The Morgan fingerprint density at radius 3 is 2.84 bits per heavy atom. The smallest absolute Gasteiger partial charge is 0.231 e. The average Bonchev–Trinajstić information content (AvgIpc) is 3.50. The Labute approximate surface area is 184 Å². The number of benzene rings is 1. The molecular formula is C23H35N3O5. The maximum atomic E-state index is 5.74. The molecule has 0 aliphatic carbocycles. The van der Waals surface area contributed by atoms with Crippen molar-refractivity contribution < 1.29 is 23.7 Å². The summed E-state index contributed by atoms with van der Waals surface area (Å²) in [4.78, 5) is 4.39. The number of nitrogens with one attached hydrogen (secondary N) is 2. The first-order valence-electron chi connectivity index (χ1n) is 11.4. The van der Waals surface area contributed by atoms with Gasteiger partial charge in [0, 0.05) is 52.0 Å². The highest BCUT2D eigenvalue weighted by molar-refractivity contribution is 5.79. The van der Waals surface area contributed by atoms with Crippen molar-refractivity contribution >= 4 is 5.96 Å². The van der Waals surface area contributed by atoms with Gasteiger partial charge < -0.3 is 34.3 Å².